The van der Waals surface area contributed by atoms with Gasteiger partial charge >= 0.3 is 0 Å². The number of nitrogens with one attached hydrogen (secondary N) is 2. The van der Waals surface area contributed by atoms with E-state index in [0.717, 1.165) is 5.56 Å². The van der Waals surface area contributed by atoms with E-state index in [2.05, 4.69) is 26.2 Å². The van der Waals surface area contributed by atoms with Gasteiger partial charge in [-0.15, -0.1) is 0 Å². The van der Waals surface area contributed by atoms with Crippen LogP contribution in [-0.2, 0) is 0 Å². The molecule has 1 atom stereocenters. The van der Waals surface area contributed by atoms with Gasteiger partial charge in [0, 0.05) is 11.4 Å². The summed E-state index contributed by atoms with van der Waals surface area (Å²) in [6.07, 6.45) is 1.20. The Bertz CT molecular complexity index is 612. The smallest absolute Gasteiger partial charge is 0.287 e. The number of carbonyl (C=O) groups is 1. The molecule has 0 spiro atoms. The number of alkyl halides is 1. The number of aromatic amines is 1. The third-order valence-electron chi connectivity index (χ3n) is 2.78. The second-order valence-electron chi connectivity index (χ2n) is 4.12. The van der Waals surface area contributed by atoms with E-state index >= 15 is 0 Å². The molecule has 1 heterocycles. The third-order valence-corrected chi connectivity index (χ3v) is 3.43. The van der Waals surface area contributed by atoms with Crippen LogP contribution in [0.15, 0.2) is 42.6 Å². The van der Waals surface area contributed by atoms with Gasteiger partial charge in [-0.25, -0.2) is 0 Å². The fourth-order valence-electron chi connectivity index (χ4n) is 1.75. The zero-order chi connectivity index (χ0) is 14.5. The predicted octanol–water partition coefficient (Wildman–Crippen LogP) is 2.79. The van der Waals surface area contributed by atoms with Crippen LogP contribution in [0.5, 0.6) is 0 Å². The summed E-state index contributed by atoms with van der Waals surface area (Å²) >= 11 is 3.35. The molecule has 0 radical (unpaired) electrons. The summed E-state index contributed by atoms with van der Waals surface area (Å²) in [5.74, 6) is -0.383. The van der Waals surface area contributed by atoms with E-state index in [1.54, 1.807) is 0 Å². The molecule has 104 valence electrons. The molecule has 20 heavy (non-hydrogen) atoms. The molecule has 0 aliphatic carbocycles. The number of nitrogens with zero attached hydrogens (tertiary/aromatic N) is 1. The lowest BCUT2D eigenvalue weighted by atomic mass is 10.1. The molecule has 0 saturated carbocycles. The van der Waals surface area contributed by atoms with E-state index in [1.165, 1.54) is 12.3 Å². The fraction of sp³-hybridized carbons (Fsp3) is 0.154. The molecule has 2 N–H and O–H groups in total. The Hall–Kier alpha value is -2.15. The second kappa shape index (κ2) is 6.33. The first-order chi connectivity index (χ1) is 9.61. The molecule has 2 aromatic rings. The van der Waals surface area contributed by atoms with E-state index in [4.69, 9.17) is 0 Å². The summed E-state index contributed by atoms with van der Waals surface area (Å²) in [7, 11) is 0. The van der Waals surface area contributed by atoms with Crippen molar-refractivity contribution in [3.8, 4) is 0 Å². The van der Waals surface area contributed by atoms with Crippen LogP contribution in [0.1, 0.15) is 22.1 Å². The quantitative estimate of drug-likeness (QED) is 0.499. The van der Waals surface area contributed by atoms with Crippen LogP contribution in [0.25, 0.3) is 0 Å². The van der Waals surface area contributed by atoms with Crippen LogP contribution < -0.4 is 5.32 Å². The molecule has 6 nitrogen and oxygen atoms in total. The van der Waals surface area contributed by atoms with Crippen molar-refractivity contribution in [3.05, 3.63) is 64.0 Å². The molecule has 2 rings (SSSR count). The van der Waals surface area contributed by atoms with Gasteiger partial charge in [-0.2, -0.15) is 0 Å². The van der Waals surface area contributed by atoms with E-state index in [-0.39, 0.29) is 23.3 Å². The van der Waals surface area contributed by atoms with Crippen molar-refractivity contribution < 1.29 is 9.72 Å². The minimum atomic E-state index is -0.549. The standard InChI is InChI=1S/C13H12BrN3O3/c14-7-12(9-4-2-1-3-5-9)16-13(18)11-6-10(8-15-11)17(19)20/h1-6,8,12,15H,7H2,(H,16,18). The van der Waals surface area contributed by atoms with Gasteiger partial charge in [-0.05, 0) is 5.56 Å². The van der Waals surface area contributed by atoms with Crippen molar-refractivity contribution in [2.24, 2.45) is 0 Å². The normalized spacial score (nSPS) is 11.8. The number of hydrogen-bond acceptors (Lipinski definition) is 3. The van der Waals surface area contributed by atoms with Gasteiger partial charge in [0.25, 0.3) is 11.6 Å². The van der Waals surface area contributed by atoms with Crippen molar-refractivity contribution in [1.82, 2.24) is 10.3 Å². The average molecular weight is 338 g/mol. The highest BCUT2D eigenvalue weighted by Crippen LogP contribution is 2.17. The molecule has 0 aliphatic heterocycles. The minimum Gasteiger partial charge on any atom is -0.351 e. The number of halogens is 1. The van der Waals surface area contributed by atoms with Gasteiger partial charge in [0.2, 0.25) is 0 Å². The van der Waals surface area contributed by atoms with Crippen molar-refractivity contribution in [3.63, 3.8) is 0 Å². The van der Waals surface area contributed by atoms with Gasteiger partial charge in [-0.1, -0.05) is 46.3 Å². The Morgan fingerprint density at radius 2 is 2.10 bits per heavy atom. The molecular weight excluding hydrogens is 326 g/mol. The van der Waals surface area contributed by atoms with Gasteiger partial charge in [0.05, 0.1) is 17.2 Å². The van der Waals surface area contributed by atoms with E-state index < -0.39 is 4.92 Å². The van der Waals surface area contributed by atoms with Crippen LogP contribution in [0.2, 0.25) is 0 Å². The van der Waals surface area contributed by atoms with E-state index in [0.29, 0.717) is 5.33 Å². The molecule has 7 heteroatoms. The molecule has 1 aromatic carbocycles. The van der Waals surface area contributed by atoms with Gasteiger partial charge in [0.1, 0.15) is 5.69 Å². The van der Waals surface area contributed by atoms with Crippen molar-refractivity contribution >= 4 is 27.5 Å². The van der Waals surface area contributed by atoms with E-state index in [9.17, 15) is 14.9 Å². The summed E-state index contributed by atoms with van der Waals surface area (Å²) in [6, 6.07) is 10.5. The first-order valence-corrected chi connectivity index (χ1v) is 6.98. The molecule has 1 aromatic heterocycles. The molecular formula is C13H12BrN3O3. The maximum atomic E-state index is 12.0. The third kappa shape index (κ3) is 3.24. The maximum Gasteiger partial charge on any atom is 0.287 e. The Morgan fingerprint density at radius 3 is 2.65 bits per heavy atom. The first-order valence-electron chi connectivity index (χ1n) is 5.86. The molecule has 0 aliphatic rings. The summed E-state index contributed by atoms with van der Waals surface area (Å²) < 4.78 is 0. The van der Waals surface area contributed by atoms with Gasteiger partial charge in [-0.3, -0.25) is 14.9 Å². The summed E-state index contributed by atoms with van der Waals surface area (Å²) in [6.45, 7) is 0. The Kier molecular flexibility index (Phi) is 4.52. The average Bonchev–Trinajstić information content (AvgIpc) is 2.95. The van der Waals surface area contributed by atoms with Gasteiger partial charge in [0.15, 0.2) is 0 Å². The number of benzene rings is 1. The summed E-state index contributed by atoms with van der Waals surface area (Å²) in [4.78, 5) is 24.7. The van der Waals surface area contributed by atoms with Crippen LogP contribution in [0.4, 0.5) is 5.69 Å². The van der Waals surface area contributed by atoms with Crippen LogP contribution in [0.3, 0.4) is 0 Å². The number of hydrogen-bond donors (Lipinski definition) is 2. The van der Waals surface area contributed by atoms with Gasteiger partial charge < -0.3 is 10.3 Å². The highest BCUT2D eigenvalue weighted by Gasteiger charge is 2.18. The number of H-pyrrole nitrogens is 1. The Morgan fingerprint density at radius 1 is 1.40 bits per heavy atom. The summed E-state index contributed by atoms with van der Waals surface area (Å²) in [5, 5.41) is 13.9. The largest absolute Gasteiger partial charge is 0.351 e. The van der Waals surface area contributed by atoms with Crippen molar-refractivity contribution in [2.45, 2.75) is 6.04 Å². The fourth-order valence-corrected chi connectivity index (χ4v) is 2.29. The number of rotatable bonds is 5. The highest BCUT2D eigenvalue weighted by atomic mass is 79.9. The number of carbonyl (C=O) groups excluding carboxylic acids is 1. The molecule has 0 bridgehead atoms. The molecule has 1 amide bonds. The Balaban J connectivity index is 2.11. The van der Waals surface area contributed by atoms with Crippen LogP contribution in [-0.4, -0.2) is 21.1 Å². The zero-order valence-corrected chi connectivity index (χ0v) is 12.0. The lowest BCUT2D eigenvalue weighted by Crippen LogP contribution is -2.29. The predicted molar refractivity (Wildman–Crippen MR) is 77.9 cm³/mol. The zero-order valence-electron chi connectivity index (χ0n) is 10.4. The second-order valence-corrected chi connectivity index (χ2v) is 4.77. The maximum absolute atomic E-state index is 12.0. The minimum absolute atomic E-state index is 0.134. The lowest BCUT2D eigenvalue weighted by molar-refractivity contribution is -0.384. The van der Waals surface area contributed by atoms with Crippen molar-refractivity contribution in [1.29, 1.82) is 0 Å². The number of aromatic nitrogens is 1. The number of amides is 1. The highest BCUT2D eigenvalue weighted by molar-refractivity contribution is 9.09. The van der Waals surface area contributed by atoms with Crippen LogP contribution in [0, 0.1) is 10.1 Å². The summed E-state index contributed by atoms with van der Waals surface area (Å²) in [5.41, 5.74) is 0.989. The van der Waals surface area contributed by atoms with Crippen molar-refractivity contribution in [2.75, 3.05) is 5.33 Å². The SMILES string of the molecule is O=C(NC(CBr)c1ccccc1)c1cc([N+](=O)[O-])c[nH]1. The van der Waals surface area contributed by atoms with Crippen LogP contribution >= 0.6 is 15.9 Å². The lowest BCUT2D eigenvalue weighted by Gasteiger charge is -2.15. The topological polar surface area (TPSA) is 88.0 Å². The molecule has 0 saturated heterocycles. The number of nitro groups is 1. The monoisotopic (exact) mass is 337 g/mol. The Labute approximate surface area is 123 Å². The van der Waals surface area contributed by atoms with E-state index in [1.807, 2.05) is 30.3 Å². The molecule has 0 fully saturated rings. The first kappa shape index (κ1) is 14.3. The molecule has 1 unspecified atom stereocenters.